The van der Waals surface area contributed by atoms with Crippen molar-refractivity contribution in [2.24, 2.45) is 11.8 Å². The van der Waals surface area contributed by atoms with Gasteiger partial charge in [0.25, 0.3) is 0 Å². The summed E-state index contributed by atoms with van der Waals surface area (Å²) in [6.07, 6.45) is 0.365. The first-order chi connectivity index (χ1) is 21.5. The van der Waals surface area contributed by atoms with Crippen LogP contribution in [0, 0.1) is 25.7 Å². The third kappa shape index (κ3) is 5.86. The van der Waals surface area contributed by atoms with Gasteiger partial charge in [-0.3, -0.25) is 4.79 Å². The van der Waals surface area contributed by atoms with Gasteiger partial charge in [-0.2, -0.15) is 0 Å². The molecule has 4 aromatic carbocycles. The van der Waals surface area contributed by atoms with Crippen LogP contribution in [-0.2, 0) is 24.5 Å². The Balaban J connectivity index is 1.50. The third-order valence-corrected chi connectivity index (χ3v) is 14.4. The number of sulfone groups is 2. The van der Waals surface area contributed by atoms with Crippen molar-refractivity contribution < 1.29 is 26.4 Å². The van der Waals surface area contributed by atoms with E-state index in [1.165, 1.54) is 0 Å². The van der Waals surface area contributed by atoms with Crippen molar-refractivity contribution in [2.45, 2.75) is 65.2 Å². The van der Waals surface area contributed by atoms with E-state index in [1.54, 1.807) is 73.8 Å². The minimum absolute atomic E-state index is 0.0245. The highest BCUT2D eigenvalue weighted by Crippen LogP contribution is 2.54. The predicted molar refractivity (Wildman–Crippen MR) is 175 cm³/mol. The van der Waals surface area contributed by atoms with Gasteiger partial charge in [0.15, 0.2) is 19.7 Å². The molecule has 0 spiro atoms. The Morgan fingerprint density at radius 1 is 0.600 bits per heavy atom. The lowest BCUT2D eigenvalue weighted by Crippen LogP contribution is -2.53. The first-order valence-corrected chi connectivity index (χ1v) is 18.4. The summed E-state index contributed by atoms with van der Waals surface area (Å²) in [5.74, 6) is -1.78. The number of methoxy groups -OCH3 is 1. The minimum Gasteiger partial charge on any atom is -0.497 e. The highest BCUT2D eigenvalue weighted by Gasteiger charge is 2.56. The normalized spacial score (nSPS) is 25.4. The largest absolute Gasteiger partial charge is 0.497 e. The van der Waals surface area contributed by atoms with Gasteiger partial charge in [0.05, 0.1) is 27.4 Å². The molecule has 2 saturated carbocycles. The Morgan fingerprint density at radius 3 is 1.73 bits per heavy atom. The van der Waals surface area contributed by atoms with E-state index in [4.69, 9.17) is 4.74 Å². The molecule has 0 radical (unpaired) electrons. The van der Waals surface area contributed by atoms with E-state index in [0.29, 0.717) is 5.75 Å². The highest BCUT2D eigenvalue weighted by molar-refractivity contribution is 7.92. The van der Waals surface area contributed by atoms with E-state index in [-0.39, 0.29) is 34.8 Å². The molecular formula is C37H38O6S2. The lowest BCUT2D eigenvalue weighted by atomic mass is 9.61. The van der Waals surface area contributed by atoms with Gasteiger partial charge in [0, 0.05) is 24.2 Å². The number of aryl methyl sites for hydroxylation is 2. The lowest BCUT2D eigenvalue weighted by Gasteiger charge is -2.48. The van der Waals surface area contributed by atoms with Crippen LogP contribution in [0.4, 0.5) is 0 Å². The molecule has 0 saturated heterocycles. The summed E-state index contributed by atoms with van der Waals surface area (Å²) in [6.45, 7) is 3.88. The van der Waals surface area contributed by atoms with Crippen LogP contribution in [0.5, 0.6) is 5.75 Å². The van der Waals surface area contributed by atoms with Crippen molar-refractivity contribution in [3.63, 3.8) is 0 Å². The number of ketones is 1. The summed E-state index contributed by atoms with van der Waals surface area (Å²) in [7, 11) is -6.21. The molecule has 6 atom stereocenters. The second kappa shape index (κ2) is 12.2. The maximum atomic E-state index is 14.6. The molecule has 2 aliphatic carbocycles. The van der Waals surface area contributed by atoms with E-state index < -0.39 is 53.8 Å². The number of carbonyl (C=O) groups is 1. The second-order valence-corrected chi connectivity index (χ2v) is 16.8. The smallest absolute Gasteiger partial charge is 0.182 e. The third-order valence-electron chi connectivity index (χ3n) is 9.86. The monoisotopic (exact) mass is 642 g/mol. The van der Waals surface area contributed by atoms with Crippen molar-refractivity contribution in [3.05, 3.63) is 125 Å². The number of Topliss-reactive ketones (excluding diaryl/α,β-unsaturated/α-hetero) is 1. The van der Waals surface area contributed by atoms with E-state index in [9.17, 15) is 21.6 Å². The number of hydrogen-bond donors (Lipinski definition) is 0. The number of ether oxygens (including phenoxy) is 1. The van der Waals surface area contributed by atoms with Crippen LogP contribution >= 0.6 is 0 Å². The maximum absolute atomic E-state index is 14.6. The van der Waals surface area contributed by atoms with Crippen LogP contribution in [0.2, 0.25) is 0 Å². The number of hydrogen-bond acceptors (Lipinski definition) is 6. The fourth-order valence-electron chi connectivity index (χ4n) is 7.50. The Labute approximate surface area is 266 Å². The number of carbonyl (C=O) groups excluding carboxylic acids is 1. The van der Waals surface area contributed by atoms with E-state index in [0.717, 1.165) is 22.3 Å². The Bertz CT molecular complexity index is 1880. The Morgan fingerprint density at radius 2 is 1.13 bits per heavy atom. The fraction of sp³-hybridized carbons (Fsp3) is 0.324. The van der Waals surface area contributed by atoms with Crippen molar-refractivity contribution in [1.82, 2.24) is 0 Å². The summed E-state index contributed by atoms with van der Waals surface area (Å²) in [4.78, 5) is 14.5. The molecule has 0 bridgehead atoms. The van der Waals surface area contributed by atoms with E-state index in [1.807, 2.05) is 50.2 Å². The molecule has 234 valence electrons. The SMILES string of the molecule is COc1ccc(C2CC(=O)C3CC(S(=O)(=O)c4ccc(C)cc4)C(c4ccc(C)cc4)CC3C2S(=O)(=O)c2ccccc2)cc1. The van der Waals surface area contributed by atoms with E-state index >= 15 is 0 Å². The zero-order chi connectivity index (χ0) is 31.9. The zero-order valence-electron chi connectivity index (χ0n) is 25.7. The molecule has 0 aliphatic heterocycles. The number of benzene rings is 4. The molecule has 6 unspecified atom stereocenters. The summed E-state index contributed by atoms with van der Waals surface area (Å²) < 4.78 is 63.3. The fourth-order valence-corrected chi connectivity index (χ4v) is 11.8. The van der Waals surface area contributed by atoms with Crippen LogP contribution in [0.3, 0.4) is 0 Å². The standard InChI is InChI=1S/C37H38O6S2/c1-24-9-13-26(14-10-24)31-21-34-33(23-36(31)44(39,40)30-19-11-25(2)12-20-30)35(38)22-32(27-15-17-28(43-3)18-16-27)37(34)45(41,42)29-7-5-4-6-8-29/h4-20,31-34,36-37H,21-23H2,1-3H3. The molecular weight excluding hydrogens is 605 g/mol. The number of fused-ring (bicyclic) bond motifs is 1. The van der Waals surface area contributed by atoms with Crippen LogP contribution in [-0.4, -0.2) is 40.2 Å². The van der Waals surface area contributed by atoms with E-state index in [2.05, 4.69) is 0 Å². The summed E-state index contributed by atoms with van der Waals surface area (Å²) in [5, 5.41) is -1.78. The average Bonchev–Trinajstić information content (AvgIpc) is 3.05. The van der Waals surface area contributed by atoms with Crippen molar-refractivity contribution in [3.8, 4) is 5.75 Å². The predicted octanol–water partition coefficient (Wildman–Crippen LogP) is 6.86. The van der Waals surface area contributed by atoms with Gasteiger partial charge in [-0.1, -0.05) is 77.9 Å². The molecule has 6 rings (SSSR count). The van der Waals surface area contributed by atoms with Crippen molar-refractivity contribution in [2.75, 3.05) is 7.11 Å². The minimum atomic E-state index is -3.92. The lowest BCUT2D eigenvalue weighted by molar-refractivity contribution is -0.128. The summed E-state index contributed by atoms with van der Waals surface area (Å²) in [6, 6.07) is 30.3. The summed E-state index contributed by atoms with van der Waals surface area (Å²) in [5.41, 5.74) is 3.60. The molecule has 0 aromatic heterocycles. The molecule has 6 nitrogen and oxygen atoms in total. The first kappa shape index (κ1) is 31.2. The zero-order valence-corrected chi connectivity index (χ0v) is 27.3. The van der Waals surface area contributed by atoms with Crippen LogP contribution in [0.1, 0.15) is 53.4 Å². The van der Waals surface area contributed by atoms with Crippen LogP contribution in [0.25, 0.3) is 0 Å². The Kier molecular flexibility index (Phi) is 8.48. The van der Waals surface area contributed by atoms with Gasteiger partial charge in [-0.15, -0.1) is 0 Å². The molecule has 8 heteroatoms. The van der Waals surface area contributed by atoms with Crippen molar-refractivity contribution >= 4 is 25.5 Å². The molecule has 0 N–H and O–H groups in total. The Hall–Kier alpha value is -3.75. The quantitative estimate of drug-likeness (QED) is 0.219. The molecule has 0 amide bonds. The summed E-state index contributed by atoms with van der Waals surface area (Å²) >= 11 is 0. The van der Waals surface area contributed by atoms with Crippen molar-refractivity contribution in [1.29, 1.82) is 0 Å². The van der Waals surface area contributed by atoms with Gasteiger partial charge >= 0.3 is 0 Å². The molecule has 4 aromatic rings. The van der Waals surface area contributed by atoms with Crippen LogP contribution in [0.15, 0.2) is 113 Å². The topological polar surface area (TPSA) is 94.6 Å². The molecule has 45 heavy (non-hydrogen) atoms. The molecule has 0 heterocycles. The highest BCUT2D eigenvalue weighted by atomic mass is 32.2. The van der Waals surface area contributed by atoms with Gasteiger partial charge in [0.1, 0.15) is 11.5 Å². The average molecular weight is 643 g/mol. The van der Waals surface area contributed by atoms with Crippen LogP contribution < -0.4 is 4.74 Å². The van der Waals surface area contributed by atoms with Gasteiger partial charge < -0.3 is 4.74 Å². The second-order valence-electron chi connectivity index (χ2n) is 12.5. The first-order valence-electron chi connectivity index (χ1n) is 15.3. The maximum Gasteiger partial charge on any atom is 0.182 e. The van der Waals surface area contributed by atoms with Gasteiger partial charge in [-0.25, -0.2) is 16.8 Å². The number of rotatable bonds is 7. The van der Waals surface area contributed by atoms with Gasteiger partial charge in [-0.05, 0) is 80.1 Å². The van der Waals surface area contributed by atoms with Gasteiger partial charge in [0.2, 0.25) is 0 Å². The molecule has 2 fully saturated rings. The molecule has 2 aliphatic rings.